The number of aryl methyl sites for hydroxylation is 1. The lowest BCUT2D eigenvalue weighted by molar-refractivity contribution is 0.109. The van der Waals surface area contributed by atoms with E-state index in [9.17, 15) is 0 Å². The molecule has 0 aromatic carbocycles. The molecule has 0 aliphatic carbocycles. The zero-order chi connectivity index (χ0) is 17.3. The number of nitrogens with zero attached hydrogens (tertiary/aromatic N) is 5. The Hall–Kier alpha value is -1.75. The molecule has 5 nitrogen and oxygen atoms in total. The summed E-state index contributed by atoms with van der Waals surface area (Å²) in [5.41, 5.74) is 3.21. The summed E-state index contributed by atoms with van der Waals surface area (Å²) in [6, 6.07) is 5.47. The molecule has 0 N–H and O–H groups in total. The number of hydrogen-bond acceptors (Lipinski definition) is 4. The Morgan fingerprint density at radius 1 is 1.08 bits per heavy atom. The third-order valence-corrected chi connectivity index (χ3v) is 4.83. The van der Waals surface area contributed by atoms with Crippen molar-refractivity contribution in [3.63, 3.8) is 0 Å². The highest BCUT2D eigenvalue weighted by molar-refractivity contribution is 5.55. The largest absolute Gasteiger partial charge is 0.292 e. The van der Waals surface area contributed by atoms with E-state index in [1.807, 2.05) is 23.9 Å². The van der Waals surface area contributed by atoms with Gasteiger partial charge in [-0.15, -0.1) is 0 Å². The van der Waals surface area contributed by atoms with Crippen molar-refractivity contribution < 1.29 is 0 Å². The third kappa shape index (κ3) is 3.36. The fraction of sp³-hybridized carbons (Fsp3) is 0.632. The van der Waals surface area contributed by atoms with Crippen LogP contribution < -0.4 is 0 Å². The number of rotatable bonds is 4. The Morgan fingerprint density at radius 2 is 1.88 bits per heavy atom. The van der Waals surface area contributed by atoms with E-state index in [0.717, 1.165) is 29.5 Å². The number of piperidine rings is 1. The van der Waals surface area contributed by atoms with Crippen molar-refractivity contribution in [2.24, 2.45) is 0 Å². The molecule has 5 heteroatoms. The second kappa shape index (κ2) is 7.01. The van der Waals surface area contributed by atoms with Gasteiger partial charge in [0.25, 0.3) is 0 Å². The van der Waals surface area contributed by atoms with Crippen LogP contribution in [0.15, 0.2) is 18.3 Å². The van der Waals surface area contributed by atoms with Gasteiger partial charge in [0.05, 0.1) is 23.1 Å². The minimum atomic E-state index is 0.315. The Bertz CT molecular complexity index is 689. The van der Waals surface area contributed by atoms with E-state index in [1.54, 1.807) is 0 Å². The topological polar surface area (TPSA) is 46.8 Å². The van der Waals surface area contributed by atoms with Crippen LogP contribution in [0, 0.1) is 6.92 Å². The molecule has 0 amide bonds. The van der Waals surface area contributed by atoms with Crippen LogP contribution in [-0.4, -0.2) is 37.2 Å². The molecule has 1 aliphatic heterocycles. The van der Waals surface area contributed by atoms with Crippen molar-refractivity contribution in [1.82, 2.24) is 24.6 Å². The minimum absolute atomic E-state index is 0.315. The van der Waals surface area contributed by atoms with E-state index in [-0.39, 0.29) is 0 Å². The molecule has 2 aromatic heterocycles. The Morgan fingerprint density at radius 3 is 2.58 bits per heavy atom. The Balaban J connectivity index is 2.01. The van der Waals surface area contributed by atoms with Crippen LogP contribution in [0.2, 0.25) is 0 Å². The van der Waals surface area contributed by atoms with Gasteiger partial charge in [-0.1, -0.05) is 6.42 Å². The summed E-state index contributed by atoms with van der Waals surface area (Å²) in [6.07, 6.45) is 5.59. The molecule has 0 saturated carbocycles. The molecule has 1 saturated heterocycles. The third-order valence-electron chi connectivity index (χ3n) is 4.83. The van der Waals surface area contributed by atoms with Gasteiger partial charge in [0.2, 0.25) is 0 Å². The van der Waals surface area contributed by atoms with E-state index in [4.69, 9.17) is 9.97 Å². The minimum Gasteiger partial charge on any atom is -0.292 e. The van der Waals surface area contributed by atoms with Crippen molar-refractivity contribution >= 4 is 0 Å². The first-order valence-electron chi connectivity index (χ1n) is 9.12. The van der Waals surface area contributed by atoms with Gasteiger partial charge in [0.1, 0.15) is 5.82 Å². The Labute approximate surface area is 145 Å². The maximum Gasteiger partial charge on any atom is 0.126 e. The van der Waals surface area contributed by atoms with Crippen LogP contribution >= 0.6 is 0 Å². The standard InChI is InChI=1S/C19H29N5/c1-13(2)23-11-7-6-8-18(23)16-12-17(22-15(5)21-16)19-9-10-20-24(19)14(3)4/h9-10,12-14,18H,6-8,11H2,1-5H3. The molecule has 2 aromatic rings. The quantitative estimate of drug-likeness (QED) is 0.846. The lowest BCUT2D eigenvalue weighted by atomic mass is 9.97. The van der Waals surface area contributed by atoms with Crippen LogP contribution in [0.5, 0.6) is 0 Å². The smallest absolute Gasteiger partial charge is 0.126 e. The molecule has 24 heavy (non-hydrogen) atoms. The molecule has 1 unspecified atom stereocenters. The molecule has 130 valence electrons. The molecular formula is C19H29N5. The highest BCUT2D eigenvalue weighted by Crippen LogP contribution is 2.33. The average molecular weight is 327 g/mol. The zero-order valence-corrected chi connectivity index (χ0v) is 15.5. The molecule has 3 heterocycles. The molecule has 3 rings (SSSR count). The maximum absolute atomic E-state index is 4.79. The van der Waals surface area contributed by atoms with E-state index >= 15 is 0 Å². The normalized spacial score (nSPS) is 19.4. The zero-order valence-electron chi connectivity index (χ0n) is 15.5. The highest BCUT2D eigenvalue weighted by atomic mass is 15.3. The summed E-state index contributed by atoms with van der Waals surface area (Å²) in [7, 11) is 0. The first-order valence-corrected chi connectivity index (χ1v) is 9.12. The first kappa shape index (κ1) is 17.1. The molecule has 1 atom stereocenters. The fourth-order valence-corrected chi connectivity index (χ4v) is 3.71. The van der Waals surface area contributed by atoms with E-state index in [2.05, 4.69) is 43.8 Å². The predicted molar refractivity (Wildman–Crippen MR) is 96.8 cm³/mol. The van der Waals surface area contributed by atoms with Crippen molar-refractivity contribution in [3.05, 3.63) is 29.8 Å². The van der Waals surface area contributed by atoms with Crippen molar-refractivity contribution in [3.8, 4) is 11.4 Å². The van der Waals surface area contributed by atoms with Gasteiger partial charge in [-0.25, -0.2) is 9.97 Å². The molecule has 1 aliphatic rings. The summed E-state index contributed by atoms with van der Waals surface area (Å²) in [5.74, 6) is 0.841. The van der Waals surface area contributed by atoms with Gasteiger partial charge in [-0.2, -0.15) is 5.10 Å². The van der Waals surface area contributed by atoms with Gasteiger partial charge in [0, 0.05) is 18.3 Å². The molecule has 0 radical (unpaired) electrons. The summed E-state index contributed by atoms with van der Waals surface area (Å²) in [5, 5.41) is 4.45. The lowest BCUT2D eigenvalue weighted by Crippen LogP contribution is -2.39. The van der Waals surface area contributed by atoms with Gasteiger partial charge in [-0.3, -0.25) is 9.58 Å². The molecule has 1 fully saturated rings. The molecule has 0 spiro atoms. The van der Waals surface area contributed by atoms with E-state index < -0.39 is 0 Å². The molecular weight excluding hydrogens is 298 g/mol. The SMILES string of the molecule is Cc1nc(-c2ccnn2C(C)C)cc(C2CCCCN2C(C)C)n1. The number of aromatic nitrogens is 4. The number of likely N-dealkylation sites (tertiary alicyclic amines) is 1. The van der Waals surface area contributed by atoms with Crippen LogP contribution in [0.25, 0.3) is 11.4 Å². The molecule has 0 bridgehead atoms. The first-order chi connectivity index (χ1) is 11.5. The lowest BCUT2D eigenvalue weighted by Gasteiger charge is -2.38. The second-order valence-electron chi connectivity index (χ2n) is 7.32. The maximum atomic E-state index is 4.79. The monoisotopic (exact) mass is 327 g/mol. The van der Waals surface area contributed by atoms with Gasteiger partial charge >= 0.3 is 0 Å². The van der Waals surface area contributed by atoms with Crippen molar-refractivity contribution in [2.75, 3.05) is 6.54 Å². The Kier molecular flexibility index (Phi) is 4.99. The van der Waals surface area contributed by atoms with Crippen LogP contribution in [0.1, 0.15) is 70.6 Å². The summed E-state index contributed by atoms with van der Waals surface area (Å²) in [4.78, 5) is 12.1. The van der Waals surface area contributed by atoms with Gasteiger partial charge in [0.15, 0.2) is 0 Å². The summed E-state index contributed by atoms with van der Waals surface area (Å²) < 4.78 is 2.03. The van der Waals surface area contributed by atoms with Crippen molar-refractivity contribution in [1.29, 1.82) is 0 Å². The van der Waals surface area contributed by atoms with Crippen LogP contribution in [0.4, 0.5) is 0 Å². The van der Waals surface area contributed by atoms with E-state index in [1.165, 1.54) is 19.3 Å². The van der Waals surface area contributed by atoms with E-state index in [0.29, 0.717) is 18.1 Å². The number of hydrogen-bond donors (Lipinski definition) is 0. The summed E-state index contributed by atoms with van der Waals surface area (Å²) >= 11 is 0. The van der Waals surface area contributed by atoms with Gasteiger partial charge < -0.3 is 0 Å². The summed E-state index contributed by atoms with van der Waals surface area (Å²) in [6.45, 7) is 12.0. The fourth-order valence-electron chi connectivity index (χ4n) is 3.71. The van der Waals surface area contributed by atoms with Gasteiger partial charge in [-0.05, 0) is 66.1 Å². The average Bonchev–Trinajstić information content (AvgIpc) is 3.04. The van der Waals surface area contributed by atoms with Crippen LogP contribution in [0.3, 0.4) is 0 Å². The highest BCUT2D eigenvalue weighted by Gasteiger charge is 2.27. The van der Waals surface area contributed by atoms with Crippen molar-refractivity contribution in [2.45, 2.75) is 72.0 Å². The predicted octanol–water partition coefficient (Wildman–Crippen LogP) is 4.16. The van der Waals surface area contributed by atoms with Crippen LogP contribution in [-0.2, 0) is 0 Å². The second-order valence-corrected chi connectivity index (χ2v) is 7.32.